The zero-order chi connectivity index (χ0) is 15.2. The molecule has 0 fully saturated rings. The number of amides is 1. The first-order valence-electron chi connectivity index (χ1n) is 6.75. The maximum absolute atomic E-state index is 12.3. The van der Waals surface area contributed by atoms with E-state index in [0.717, 1.165) is 17.8 Å². The highest BCUT2D eigenvalue weighted by Crippen LogP contribution is 2.11. The van der Waals surface area contributed by atoms with Crippen molar-refractivity contribution in [2.24, 2.45) is 5.84 Å². The van der Waals surface area contributed by atoms with Gasteiger partial charge in [-0.2, -0.15) is 0 Å². The van der Waals surface area contributed by atoms with E-state index in [4.69, 9.17) is 5.84 Å². The highest BCUT2D eigenvalue weighted by molar-refractivity contribution is 7.16. The second-order valence-corrected chi connectivity index (χ2v) is 5.69. The first-order valence-corrected chi connectivity index (χ1v) is 7.57. The Morgan fingerprint density at radius 1 is 1.19 bits per heavy atom. The normalized spacial score (nSPS) is 10.7. The lowest BCUT2D eigenvalue weighted by molar-refractivity contribution is -0.121. The lowest BCUT2D eigenvalue weighted by Crippen LogP contribution is -2.31. The summed E-state index contributed by atoms with van der Waals surface area (Å²) in [6, 6.07) is 7.11. The standard InChI is InChI=1S/C14H17N3O3S/c15-16-12(18)8-2-1-5-9-17-13(19)10-6-3-4-7-11(10)21-14(17)20/h3-4,6-7H,1-2,5,8-9,15H2,(H,16,18). The van der Waals surface area contributed by atoms with Gasteiger partial charge in [-0.15, -0.1) is 0 Å². The molecule has 1 aromatic carbocycles. The average Bonchev–Trinajstić information content (AvgIpc) is 2.49. The van der Waals surface area contributed by atoms with Gasteiger partial charge >= 0.3 is 4.87 Å². The summed E-state index contributed by atoms with van der Waals surface area (Å²) in [5, 5.41) is 0.574. The molecule has 7 heteroatoms. The molecular weight excluding hydrogens is 290 g/mol. The summed E-state index contributed by atoms with van der Waals surface area (Å²) in [6.45, 7) is 0.378. The summed E-state index contributed by atoms with van der Waals surface area (Å²) < 4.78 is 1.99. The summed E-state index contributed by atoms with van der Waals surface area (Å²) in [5.74, 6) is 4.78. The minimum Gasteiger partial charge on any atom is -0.294 e. The van der Waals surface area contributed by atoms with Crippen LogP contribution in [0, 0.1) is 0 Å². The van der Waals surface area contributed by atoms with E-state index in [1.165, 1.54) is 4.57 Å². The summed E-state index contributed by atoms with van der Waals surface area (Å²) >= 11 is 1.08. The predicted octanol–water partition coefficient (Wildman–Crippen LogP) is 0.973. The number of nitrogens with one attached hydrogen (secondary N) is 1. The van der Waals surface area contributed by atoms with Gasteiger partial charge in [0.15, 0.2) is 0 Å². The fraction of sp³-hybridized carbons (Fsp3) is 0.357. The maximum Gasteiger partial charge on any atom is 0.310 e. The monoisotopic (exact) mass is 307 g/mol. The first kappa shape index (κ1) is 15.4. The molecule has 1 aromatic heterocycles. The number of benzene rings is 1. The van der Waals surface area contributed by atoms with Crippen LogP contribution in [0.1, 0.15) is 25.7 Å². The molecule has 0 unspecified atom stereocenters. The molecular formula is C14H17N3O3S. The van der Waals surface area contributed by atoms with Crippen molar-refractivity contribution in [3.8, 4) is 0 Å². The second kappa shape index (κ2) is 7.14. The van der Waals surface area contributed by atoms with Crippen molar-refractivity contribution >= 4 is 27.3 Å². The van der Waals surface area contributed by atoms with Crippen molar-refractivity contribution in [1.82, 2.24) is 9.99 Å². The largest absolute Gasteiger partial charge is 0.310 e. The smallest absolute Gasteiger partial charge is 0.294 e. The maximum atomic E-state index is 12.3. The van der Waals surface area contributed by atoms with E-state index < -0.39 is 0 Å². The van der Waals surface area contributed by atoms with Gasteiger partial charge in [-0.3, -0.25) is 24.4 Å². The predicted molar refractivity (Wildman–Crippen MR) is 83.2 cm³/mol. The molecule has 0 saturated heterocycles. The zero-order valence-corrected chi connectivity index (χ0v) is 12.3. The molecule has 0 aliphatic rings. The summed E-state index contributed by atoms with van der Waals surface area (Å²) in [7, 11) is 0. The van der Waals surface area contributed by atoms with E-state index in [1.54, 1.807) is 18.2 Å². The zero-order valence-electron chi connectivity index (χ0n) is 11.5. The van der Waals surface area contributed by atoms with Crippen LogP contribution in [0.2, 0.25) is 0 Å². The Morgan fingerprint density at radius 2 is 1.95 bits per heavy atom. The Bertz CT molecular complexity index is 751. The number of hydrogen-bond donors (Lipinski definition) is 2. The summed E-state index contributed by atoms with van der Waals surface area (Å²) in [4.78, 5) is 35.0. The third-order valence-electron chi connectivity index (χ3n) is 3.23. The molecule has 2 aromatic rings. The Hall–Kier alpha value is -1.99. The van der Waals surface area contributed by atoms with Gasteiger partial charge < -0.3 is 0 Å². The average molecular weight is 307 g/mol. The molecule has 2 rings (SSSR count). The number of nitrogens with two attached hydrogens (primary N) is 1. The van der Waals surface area contributed by atoms with Crippen molar-refractivity contribution in [3.63, 3.8) is 0 Å². The fourth-order valence-corrected chi connectivity index (χ4v) is 2.99. The number of nitrogens with zero attached hydrogens (tertiary/aromatic N) is 1. The van der Waals surface area contributed by atoms with Crippen molar-refractivity contribution in [2.75, 3.05) is 0 Å². The lowest BCUT2D eigenvalue weighted by Gasteiger charge is -2.05. The van der Waals surface area contributed by atoms with E-state index >= 15 is 0 Å². The molecule has 3 N–H and O–H groups in total. The summed E-state index contributed by atoms with van der Waals surface area (Å²) in [6.07, 6.45) is 2.48. The van der Waals surface area contributed by atoms with E-state index in [-0.39, 0.29) is 16.3 Å². The van der Waals surface area contributed by atoms with Crippen LogP contribution in [0.4, 0.5) is 0 Å². The van der Waals surface area contributed by atoms with Crippen molar-refractivity contribution < 1.29 is 4.79 Å². The van der Waals surface area contributed by atoms with Gasteiger partial charge in [0.05, 0.1) is 5.39 Å². The van der Waals surface area contributed by atoms with Gasteiger partial charge in [-0.1, -0.05) is 29.9 Å². The van der Waals surface area contributed by atoms with E-state index in [0.29, 0.717) is 35.9 Å². The van der Waals surface area contributed by atoms with Crippen LogP contribution in [0.5, 0.6) is 0 Å². The van der Waals surface area contributed by atoms with Crippen LogP contribution in [0.15, 0.2) is 33.9 Å². The van der Waals surface area contributed by atoms with E-state index in [1.807, 2.05) is 6.07 Å². The van der Waals surface area contributed by atoms with E-state index in [2.05, 4.69) is 5.43 Å². The number of fused-ring (bicyclic) bond motifs is 1. The number of unbranched alkanes of at least 4 members (excludes halogenated alkanes) is 2. The molecule has 112 valence electrons. The van der Waals surface area contributed by atoms with Crippen molar-refractivity contribution in [3.05, 3.63) is 44.3 Å². The molecule has 0 aliphatic carbocycles. The number of hydrazine groups is 1. The highest BCUT2D eigenvalue weighted by atomic mass is 32.1. The van der Waals surface area contributed by atoms with Gasteiger partial charge in [0.1, 0.15) is 0 Å². The highest BCUT2D eigenvalue weighted by Gasteiger charge is 2.07. The van der Waals surface area contributed by atoms with Crippen LogP contribution >= 0.6 is 11.3 Å². The molecule has 6 nitrogen and oxygen atoms in total. The molecule has 1 amide bonds. The topological polar surface area (TPSA) is 94.2 Å². The van der Waals surface area contributed by atoms with Gasteiger partial charge in [0, 0.05) is 17.7 Å². The summed E-state index contributed by atoms with van der Waals surface area (Å²) in [5.41, 5.74) is 1.83. The molecule has 0 spiro atoms. The molecule has 0 saturated carbocycles. The number of carbonyl (C=O) groups is 1. The number of aromatic nitrogens is 1. The minimum absolute atomic E-state index is 0.204. The molecule has 0 atom stereocenters. The van der Waals surface area contributed by atoms with Crippen LogP contribution in [-0.4, -0.2) is 10.5 Å². The second-order valence-electron chi connectivity index (χ2n) is 4.70. The SMILES string of the molecule is NNC(=O)CCCCCn1c(=O)sc2ccccc2c1=O. The number of carbonyl (C=O) groups excluding carboxylic acids is 1. The lowest BCUT2D eigenvalue weighted by atomic mass is 10.2. The Kier molecular flexibility index (Phi) is 5.24. The van der Waals surface area contributed by atoms with Crippen LogP contribution in [-0.2, 0) is 11.3 Å². The third-order valence-corrected chi connectivity index (χ3v) is 4.20. The molecule has 21 heavy (non-hydrogen) atoms. The molecule has 0 bridgehead atoms. The Morgan fingerprint density at radius 3 is 2.71 bits per heavy atom. The van der Waals surface area contributed by atoms with Gasteiger partial charge in [0.2, 0.25) is 5.91 Å². The van der Waals surface area contributed by atoms with Gasteiger partial charge in [-0.05, 0) is 25.0 Å². The third kappa shape index (κ3) is 3.77. The van der Waals surface area contributed by atoms with E-state index in [9.17, 15) is 14.4 Å². The Labute approximate surface area is 125 Å². The fourth-order valence-electron chi connectivity index (χ4n) is 2.11. The minimum atomic E-state index is -0.242. The van der Waals surface area contributed by atoms with Crippen molar-refractivity contribution in [2.45, 2.75) is 32.2 Å². The van der Waals surface area contributed by atoms with Crippen LogP contribution in [0.25, 0.3) is 10.1 Å². The van der Waals surface area contributed by atoms with Gasteiger partial charge in [0.25, 0.3) is 5.56 Å². The first-order chi connectivity index (χ1) is 10.1. The number of rotatable bonds is 6. The Balaban J connectivity index is 2.04. The molecule has 0 aliphatic heterocycles. The molecule has 0 radical (unpaired) electrons. The molecule has 1 heterocycles. The number of hydrogen-bond acceptors (Lipinski definition) is 5. The van der Waals surface area contributed by atoms with Crippen LogP contribution < -0.4 is 21.7 Å². The van der Waals surface area contributed by atoms with Crippen LogP contribution in [0.3, 0.4) is 0 Å². The quantitative estimate of drug-likeness (QED) is 0.360. The van der Waals surface area contributed by atoms with Crippen molar-refractivity contribution in [1.29, 1.82) is 0 Å². The van der Waals surface area contributed by atoms with Gasteiger partial charge in [-0.25, -0.2) is 5.84 Å².